The fourth-order valence-electron chi connectivity index (χ4n) is 3.51. The first-order valence-electron chi connectivity index (χ1n) is 6.44. The van der Waals surface area contributed by atoms with Gasteiger partial charge in [0.25, 0.3) is 0 Å². The molecule has 1 aliphatic carbocycles. The molecule has 0 amide bonds. The van der Waals surface area contributed by atoms with Crippen molar-refractivity contribution in [2.24, 2.45) is 11.3 Å². The zero-order valence-corrected chi connectivity index (χ0v) is 10.7. The topological polar surface area (TPSA) is 32.8 Å². The molecule has 0 radical (unpaired) electrons. The van der Waals surface area contributed by atoms with Crippen LogP contribution in [0.2, 0.25) is 0 Å². The van der Waals surface area contributed by atoms with Gasteiger partial charge in [0.2, 0.25) is 0 Å². The summed E-state index contributed by atoms with van der Waals surface area (Å²) in [5.41, 5.74) is 0.545. The Balaban J connectivity index is 1.96. The molecule has 0 bridgehead atoms. The Kier molecular flexibility index (Phi) is 3.15. The van der Waals surface area contributed by atoms with E-state index in [4.69, 9.17) is 9.84 Å². The van der Waals surface area contributed by atoms with E-state index >= 15 is 0 Å². The number of hydrogen-bond acceptors (Lipinski definition) is 2. The highest BCUT2D eigenvalue weighted by molar-refractivity contribution is 5.11. The molecule has 2 heteroatoms. The van der Waals surface area contributed by atoms with Crippen LogP contribution in [0.15, 0.2) is 12.2 Å². The quantitative estimate of drug-likeness (QED) is 0.588. The van der Waals surface area contributed by atoms with E-state index in [2.05, 4.69) is 26.8 Å². The Morgan fingerprint density at radius 1 is 1.31 bits per heavy atom. The molecule has 0 aromatic heterocycles. The fourth-order valence-corrected chi connectivity index (χ4v) is 3.51. The van der Waals surface area contributed by atoms with Crippen molar-refractivity contribution in [3.05, 3.63) is 12.2 Å². The Morgan fingerprint density at radius 3 is 2.75 bits per heavy atom. The normalized spacial score (nSPS) is 41.0. The minimum atomic E-state index is 0.148. The molecular weight excluding hydrogens is 200 g/mol. The number of allylic oxidation sites excluding steroid dienone is 1. The van der Waals surface area contributed by atoms with E-state index in [0.29, 0.717) is 17.4 Å². The van der Waals surface area contributed by atoms with Crippen LogP contribution >= 0.6 is 0 Å². The van der Waals surface area contributed by atoms with Crippen molar-refractivity contribution in [1.82, 2.24) is 0 Å². The molecule has 0 aromatic rings. The van der Waals surface area contributed by atoms with E-state index in [-0.39, 0.29) is 12.2 Å². The number of ether oxygens (including phenoxy) is 1. The maximum Gasteiger partial charge on any atom is 0.0953 e. The lowest BCUT2D eigenvalue weighted by atomic mass is 9.62. The molecule has 0 unspecified atom stereocenters. The average molecular weight is 224 g/mol. The Labute approximate surface area is 98.7 Å². The third-order valence-corrected chi connectivity index (χ3v) is 4.56. The first kappa shape index (κ1) is 12.1. The summed E-state index contributed by atoms with van der Waals surface area (Å²) in [6, 6.07) is 0. The summed E-state index contributed by atoms with van der Waals surface area (Å²) in [6.45, 7) is 7.18. The van der Waals surface area contributed by atoms with Crippen molar-refractivity contribution < 1.29 is 9.84 Å². The van der Waals surface area contributed by atoms with E-state index in [1.54, 1.807) is 0 Å². The van der Waals surface area contributed by atoms with Gasteiger partial charge in [0.15, 0.2) is 0 Å². The van der Waals surface area contributed by atoms with E-state index in [0.717, 1.165) is 6.42 Å². The lowest BCUT2D eigenvalue weighted by Gasteiger charge is -2.40. The summed E-state index contributed by atoms with van der Waals surface area (Å²) in [7, 11) is 0. The first-order chi connectivity index (χ1) is 7.50. The molecule has 1 saturated heterocycles. The van der Waals surface area contributed by atoms with E-state index in [1.165, 1.54) is 19.3 Å². The van der Waals surface area contributed by atoms with Gasteiger partial charge < -0.3 is 9.84 Å². The monoisotopic (exact) mass is 224 g/mol. The van der Waals surface area contributed by atoms with Crippen molar-refractivity contribution >= 4 is 0 Å². The lowest BCUT2D eigenvalue weighted by molar-refractivity contribution is 0.0881. The van der Waals surface area contributed by atoms with Gasteiger partial charge in [-0.1, -0.05) is 26.0 Å². The average Bonchev–Trinajstić information content (AvgIpc) is 2.87. The van der Waals surface area contributed by atoms with Crippen LogP contribution < -0.4 is 0 Å². The van der Waals surface area contributed by atoms with Crippen molar-refractivity contribution in [3.63, 3.8) is 0 Å². The fraction of sp³-hybridized carbons (Fsp3) is 0.857. The molecule has 1 N–H and O–H groups in total. The van der Waals surface area contributed by atoms with Crippen LogP contribution in [0.25, 0.3) is 0 Å². The smallest absolute Gasteiger partial charge is 0.0953 e. The predicted molar refractivity (Wildman–Crippen MR) is 65.2 cm³/mol. The summed E-state index contributed by atoms with van der Waals surface area (Å²) in [5, 5.41) is 8.71. The molecular formula is C14H24O2. The second-order valence-corrected chi connectivity index (χ2v) is 6.10. The van der Waals surface area contributed by atoms with Gasteiger partial charge in [-0.05, 0) is 43.9 Å². The SMILES string of the molecule is CC1(C)CC[C@H]2O[C@@]2(C)[C@H]1CC/C=C/CO. The molecule has 0 spiro atoms. The molecule has 3 atom stereocenters. The van der Waals surface area contributed by atoms with Crippen LogP contribution in [0.4, 0.5) is 0 Å². The lowest BCUT2D eigenvalue weighted by Crippen LogP contribution is -2.40. The number of aliphatic hydroxyl groups is 1. The van der Waals surface area contributed by atoms with E-state index in [1.807, 2.05) is 6.08 Å². The number of rotatable bonds is 4. The zero-order chi connectivity index (χ0) is 11.8. The van der Waals surface area contributed by atoms with Crippen LogP contribution in [-0.4, -0.2) is 23.4 Å². The van der Waals surface area contributed by atoms with Crippen LogP contribution in [0.1, 0.15) is 46.5 Å². The molecule has 1 saturated carbocycles. The second-order valence-electron chi connectivity index (χ2n) is 6.10. The second kappa shape index (κ2) is 4.15. The maximum absolute atomic E-state index is 8.71. The number of epoxide rings is 1. The highest BCUT2D eigenvalue weighted by atomic mass is 16.6. The Bertz CT molecular complexity index is 278. The van der Waals surface area contributed by atoms with Crippen molar-refractivity contribution in [3.8, 4) is 0 Å². The summed E-state index contributed by atoms with van der Waals surface area (Å²) >= 11 is 0. The third kappa shape index (κ3) is 2.05. The first-order valence-corrected chi connectivity index (χ1v) is 6.44. The van der Waals surface area contributed by atoms with Crippen LogP contribution in [0.3, 0.4) is 0 Å². The molecule has 92 valence electrons. The standard InChI is InChI=1S/C14H24O2/c1-13(2)9-8-12-14(3,16-12)11(13)7-5-4-6-10-15/h4,6,11-12,15H,5,7-10H2,1-3H3/b6-4+/t11-,12+,14-/m0/s1. The van der Waals surface area contributed by atoms with Crippen molar-refractivity contribution in [1.29, 1.82) is 0 Å². The largest absolute Gasteiger partial charge is 0.392 e. The Hall–Kier alpha value is -0.340. The Morgan fingerprint density at radius 2 is 2.06 bits per heavy atom. The van der Waals surface area contributed by atoms with Crippen molar-refractivity contribution in [2.75, 3.05) is 6.61 Å². The number of hydrogen-bond donors (Lipinski definition) is 1. The molecule has 0 aromatic carbocycles. The van der Waals surface area contributed by atoms with E-state index in [9.17, 15) is 0 Å². The van der Waals surface area contributed by atoms with Crippen LogP contribution in [-0.2, 0) is 4.74 Å². The zero-order valence-electron chi connectivity index (χ0n) is 10.7. The summed E-state index contributed by atoms with van der Waals surface area (Å²) in [6.07, 6.45) is 9.19. The van der Waals surface area contributed by atoms with Gasteiger partial charge in [-0.15, -0.1) is 0 Å². The van der Waals surface area contributed by atoms with Crippen LogP contribution in [0.5, 0.6) is 0 Å². The van der Waals surface area contributed by atoms with Gasteiger partial charge in [0, 0.05) is 0 Å². The third-order valence-electron chi connectivity index (χ3n) is 4.56. The van der Waals surface area contributed by atoms with Gasteiger partial charge >= 0.3 is 0 Å². The van der Waals surface area contributed by atoms with Crippen LogP contribution in [0, 0.1) is 11.3 Å². The van der Waals surface area contributed by atoms with Gasteiger partial charge in [-0.2, -0.15) is 0 Å². The molecule has 16 heavy (non-hydrogen) atoms. The molecule has 2 rings (SSSR count). The minimum Gasteiger partial charge on any atom is -0.392 e. The van der Waals surface area contributed by atoms with Gasteiger partial charge in [-0.25, -0.2) is 0 Å². The summed E-state index contributed by atoms with van der Waals surface area (Å²) in [5.74, 6) is 0.655. The minimum absolute atomic E-state index is 0.148. The molecule has 2 fully saturated rings. The van der Waals surface area contributed by atoms with Crippen molar-refractivity contribution in [2.45, 2.75) is 58.2 Å². The highest BCUT2D eigenvalue weighted by Gasteiger charge is 2.63. The summed E-state index contributed by atoms with van der Waals surface area (Å²) in [4.78, 5) is 0. The van der Waals surface area contributed by atoms with E-state index < -0.39 is 0 Å². The molecule has 2 nitrogen and oxygen atoms in total. The van der Waals surface area contributed by atoms with Gasteiger partial charge in [0.05, 0.1) is 18.3 Å². The predicted octanol–water partition coefficient (Wildman–Crippen LogP) is 2.91. The van der Waals surface area contributed by atoms with Gasteiger partial charge in [-0.3, -0.25) is 0 Å². The molecule has 2 aliphatic rings. The molecule has 1 heterocycles. The molecule has 1 aliphatic heterocycles. The number of aliphatic hydroxyl groups excluding tert-OH is 1. The number of fused-ring (bicyclic) bond motifs is 1. The highest BCUT2D eigenvalue weighted by Crippen LogP contribution is 2.59. The summed E-state index contributed by atoms with van der Waals surface area (Å²) < 4.78 is 5.90. The van der Waals surface area contributed by atoms with Gasteiger partial charge in [0.1, 0.15) is 0 Å². The maximum atomic E-state index is 8.71.